The number of hydrogen-bond acceptors (Lipinski definition) is 5. The summed E-state index contributed by atoms with van der Waals surface area (Å²) in [4.78, 5) is 26.9. The van der Waals surface area contributed by atoms with E-state index in [-0.39, 0.29) is 25.3 Å². The number of carbonyl (C=O) groups is 1. The van der Waals surface area contributed by atoms with Crippen molar-refractivity contribution in [2.75, 3.05) is 13.1 Å². The maximum atomic E-state index is 11.0. The number of aromatic nitrogens is 1. The van der Waals surface area contributed by atoms with Crippen LogP contribution in [-0.4, -0.2) is 39.0 Å². The molecule has 0 fully saturated rings. The van der Waals surface area contributed by atoms with Gasteiger partial charge in [-0.05, 0) is 13.8 Å². The summed E-state index contributed by atoms with van der Waals surface area (Å²) in [7, 11) is 0. The van der Waals surface area contributed by atoms with Crippen LogP contribution < -0.4 is 0 Å². The lowest BCUT2D eigenvalue weighted by molar-refractivity contribution is -0.386. The number of carboxylic acid groups (broad SMARTS) is 1. The Balaban J connectivity index is 3.08. The number of aryl methyl sites for hydroxylation is 1. The van der Waals surface area contributed by atoms with Gasteiger partial charge in [-0.2, -0.15) is 0 Å². The number of hydrogen-bond donors (Lipinski definition) is 1. The van der Waals surface area contributed by atoms with Crippen molar-refractivity contribution in [1.29, 1.82) is 0 Å². The van der Waals surface area contributed by atoms with Gasteiger partial charge in [0.15, 0.2) is 0 Å². The van der Waals surface area contributed by atoms with Crippen molar-refractivity contribution >= 4 is 11.7 Å². The average molecular weight is 277 g/mol. The summed E-state index contributed by atoms with van der Waals surface area (Å²) >= 11 is 0. The van der Waals surface area contributed by atoms with Gasteiger partial charge in [0.2, 0.25) is 0 Å². The largest absolute Gasteiger partial charge is 0.480 e. The first-order valence-electron chi connectivity index (χ1n) is 5.83. The predicted molar refractivity (Wildman–Crippen MR) is 72.1 cm³/mol. The molecule has 0 aromatic carbocycles. The topological polar surface area (TPSA) is 96.6 Å². The first kappa shape index (κ1) is 15.6. The summed E-state index contributed by atoms with van der Waals surface area (Å²) in [6.07, 6.45) is 6.60. The number of terminal acetylenes is 1. The van der Waals surface area contributed by atoms with Crippen molar-refractivity contribution in [2.24, 2.45) is 0 Å². The molecule has 0 saturated carbocycles. The Morgan fingerprint density at radius 3 is 2.75 bits per heavy atom. The molecule has 0 aliphatic carbocycles. The zero-order valence-corrected chi connectivity index (χ0v) is 11.3. The van der Waals surface area contributed by atoms with E-state index in [9.17, 15) is 14.9 Å². The Hall–Kier alpha value is -2.46. The lowest BCUT2D eigenvalue weighted by Crippen LogP contribution is -2.30. The maximum Gasteiger partial charge on any atom is 0.317 e. The first-order chi connectivity index (χ1) is 9.36. The normalized spacial score (nSPS) is 10.3. The summed E-state index contributed by atoms with van der Waals surface area (Å²) in [5.41, 5.74) is 1.37. The van der Waals surface area contributed by atoms with Crippen molar-refractivity contribution in [3.63, 3.8) is 0 Å². The minimum absolute atomic E-state index is 0.00554. The Morgan fingerprint density at radius 2 is 2.25 bits per heavy atom. The highest BCUT2D eigenvalue weighted by Gasteiger charge is 2.20. The van der Waals surface area contributed by atoms with Gasteiger partial charge in [0.05, 0.1) is 23.7 Å². The third kappa shape index (κ3) is 3.76. The molecule has 0 unspecified atom stereocenters. The molecular formula is C13H15N3O4. The molecule has 106 valence electrons. The van der Waals surface area contributed by atoms with Gasteiger partial charge < -0.3 is 5.11 Å². The number of rotatable bonds is 6. The smallest absolute Gasteiger partial charge is 0.317 e. The molecule has 0 amide bonds. The minimum Gasteiger partial charge on any atom is -0.480 e. The van der Waals surface area contributed by atoms with Crippen LogP contribution in [0.1, 0.15) is 16.8 Å². The second-order valence-corrected chi connectivity index (χ2v) is 4.36. The van der Waals surface area contributed by atoms with Crippen molar-refractivity contribution in [3.8, 4) is 12.3 Å². The molecule has 0 aliphatic rings. The van der Waals surface area contributed by atoms with Gasteiger partial charge in [0, 0.05) is 23.9 Å². The van der Waals surface area contributed by atoms with E-state index in [0.29, 0.717) is 16.8 Å². The molecule has 0 spiro atoms. The van der Waals surface area contributed by atoms with Gasteiger partial charge in [-0.1, -0.05) is 5.92 Å². The molecule has 0 radical (unpaired) electrons. The van der Waals surface area contributed by atoms with Crippen molar-refractivity contribution < 1.29 is 14.8 Å². The second-order valence-electron chi connectivity index (χ2n) is 4.36. The number of pyridine rings is 1. The molecule has 7 heteroatoms. The lowest BCUT2D eigenvalue weighted by atomic mass is 10.1. The van der Waals surface area contributed by atoms with Crippen LogP contribution in [0.4, 0.5) is 5.69 Å². The zero-order valence-electron chi connectivity index (χ0n) is 11.3. The predicted octanol–water partition coefficient (Wildman–Crippen LogP) is 1.13. The molecule has 0 aliphatic heterocycles. The van der Waals surface area contributed by atoms with Gasteiger partial charge in [-0.3, -0.25) is 24.8 Å². The number of carboxylic acids is 1. The summed E-state index contributed by atoms with van der Waals surface area (Å²) in [6.45, 7) is 3.26. The van der Waals surface area contributed by atoms with Crippen LogP contribution in [0.3, 0.4) is 0 Å². The third-order valence-corrected chi connectivity index (χ3v) is 2.81. The molecule has 0 bridgehead atoms. The van der Waals surface area contributed by atoms with Crippen LogP contribution in [0.25, 0.3) is 0 Å². The van der Waals surface area contributed by atoms with Gasteiger partial charge in [0.1, 0.15) is 0 Å². The fourth-order valence-electron chi connectivity index (χ4n) is 1.91. The highest BCUT2D eigenvalue weighted by Crippen LogP contribution is 2.24. The molecule has 7 nitrogen and oxygen atoms in total. The Bertz CT molecular complexity index is 578. The number of nitrogens with zero attached hydrogens (tertiary/aromatic N) is 3. The SMILES string of the molecule is C#CCN(CC(=O)O)Cc1ncc(C)c([N+](=O)[O-])c1C. The van der Waals surface area contributed by atoms with Crippen LogP contribution in [-0.2, 0) is 11.3 Å². The Kier molecular flexibility index (Phi) is 5.17. The Labute approximate surface area is 116 Å². The van der Waals surface area contributed by atoms with E-state index in [1.165, 1.54) is 11.1 Å². The van der Waals surface area contributed by atoms with E-state index in [2.05, 4.69) is 10.9 Å². The van der Waals surface area contributed by atoms with Crippen molar-refractivity contribution in [2.45, 2.75) is 20.4 Å². The molecule has 1 aromatic rings. The Morgan fingerprint density at radius 1 is 1.60 bits per heavy atom. The molecular weight excluding hydrogens is 262 g/mol. The maximum absolute atomic E-state index is 11.0. The van der Waals surface area contributed by atoms with E-state index >= 15 is 0 Å². The van der Waals surface area contributed by atoms with E-state index in [4.69, 9.17) is 11.5 Å². The van der Waals surface area contributed by atoms with Gasteiger partial charge in [-0.25, -0.2) is 0 Å². The second kappa shape index (κ2) is 6.63. The van der Waals surface area contributed by atoms with Crippen LogP contribution >= 0.6 is 0 Å². The van der Waals surface area contributed by atoms with E-state index in [1.54, 1.807) is 13.8 Å². The highest BCUT2D eigenvalue weighted by molar-refractivity contribution is 5.69. The van der Waals surface area contributed by atoms with Crippen LogP contribution in [0.5, 0.6) is 0 Å². The molecule has 1 rings (SSSR count). The fraction of sp³-hybridized carbons (Fsp3) is 0.385. The van der Waals surface area contributed by atoms with Crippen molar-refractivity contribution in [1.82, 2.24) is 9.88 Å². The molecule has 20 heavy (non-hydrogen) atoms. The lowest BCUT2D eigenvalue weighted by Gasteiger charge is -2.18. The summed E-state index contributed by atoms with van der Waals surface area (Å²) in [5, 5.41) is 19.8. The number of aliphatic carboxylic acids is 1. The van der Waals surface area contributed by atoms with Crippen LogP contribution in [0.2, 0.25) is 0 Å². The van der Waals surface area contributed by atoms with E-state index < -0.39 is 10.9 Å². The molecule has 1 aromatic heterocycles. The van der Waals surface area contributed by atoms with Crippen molar-refractivity contribution in [3.05, 3.63) is 33.1 Å². The fourth-order valence-corrected chi connectivity index (χ4v) is 1.91. The van der Waals surface area contributed by atoms with Gasteiger partial charge >= 0.3 is 5.97 Å². The molecule has 1 N–H and O–H groups in total. The number of nitro groups is 1. The van der Waals surface area contributed by atoms with E-state index in [1.807, 2.05) is 0 Å². The van der Waals surface area contributed by atoms with Gasteiger partial charge in [-0.15, -0.1) is 6.42 Å². The third-order valence-electron chi connectivity index (χ3n) is 2.81. The zero-order chi connectivity index (χ0) is 15.3. The van der Waals surface area contributed by atoms with E-state index in [0.717, 1.165) is 0 Å². The quantitative estimate of drug-likeness (QED) is 0.475. The van der Waals surface area contributed by atoms with Crippen LogP contribution in [0.15, 0.2) is 6.20 Å². The summed E-state index contributed by atoms with van der Waals surface area (Å²) in [6, 6.07) is 0. The average Bonchev–Trinajstić information content (AvgIpc) is 2.32. The monoisotopic (exact) mass is 277 g/mol. The van der Waals surface area contributed by atoms with Gasteiger partial charge in [0.25, 0.3) is 5.69 Å². The molecule has 0 saturated heterocycles. The highest BCUT2D eigenvalue weighted by atomic mass is 16.6. The standard InChI is InChI=1S/C13H15N3O4/c1-4-5-15(8-12(17)18)7-11-10(3)13(16(19)20)9(2)6-14-11/h1,6H,5,7-8H2,2-3H3,(H,17,18). The molecule has 1 heterocycles. The van der Waals surface area contributed by atoms with Crippen LogP contribution in [0, 0.1) is 36.3 Å². The first-order valence-corrected chi connectivity index (χ1v) is 5.83. The summed E-state index contributed by atoms with van der Waals surface area (Å²) < 4.78 is 0. The minimum atomic E-state index is -1.01. The molecule has 0 atom stereocenters. The summed E-state index contributed by atoms with van der Waals surface area (Å²) in [5.74, 6) is 1.35.